The van der Waals surface area contributed by atoms with E-state index in [1.807, 2.05) is 25.2 Å². The lowest BCUT2D eigenvalue weighted by Gasteiger charge is -2.17. The molecule has 108 valence electrons. The van der Waals surface area contributed by atoms with Crippen molar-refractivity contribution < 1.29 is 0 Å². The molecule has 1 aromatic heterocycles. The van der Waals surface area contributed by atoms with E-state index >= 15 is 0 Å². The highest BCUT2D eigenvalue weighted by Crippen LogP contribution is 2.22. The number of hydrogen-bond donors (Lipinski definition) is 1. The smallest absolute Gasteiger partial charge is 0.252 e. The van der Waals surface area contributed by atoms with Gasteiger partial charge >= 0.3 is 0 Å². The molecule has 0 radical (unpaired) electrons. The Morgan fingerprint density at radius 2 is 2.00 bits per heavy atom. The molecule has 0 aliphatic rings. The fourth-order valence-corrected chi connectivity index (χ4v) is 2.57. The van der Waals surface area contributed by atoms with Crippen LogP contribution in [0.4, 0.5) is 5.69 Å². The first-order valence-corrected chi connectivity index (χ1v) is 7.48. The number of fused-ring (bicyclic) bond motifs is 1. The van der Waals surface area contributed by atoms with Crippen LogP contribution in [0.5, 0.6) is 0 Å². The van der Waals surface area contributed by atoms with E-state index in [-0.39, 0.29) is 5.56 Å². The zero-order valence-electron chi connectivity index (χ0n) is 12.6. The summed E-state index contributed by atoms with van der Waals surface area (Å²) in [5.41, 5.74) is 1.96. The van der Waals surface area contributed by atoms with Crippen molar-refractivity contribution in [2.75, 3.05) is 5.32 Å². The van der Waals surface area contributed by atoms with E-state index in [4.69, 9.17) is 0 Å². The van der Waals surface area contributed by atoms with E-state index in [0.717, 1.165) is 23.0 Å². The lowest BCUT2D eigenvalue weighted by molar-refractivity contribution is 0.615. The summed E-state index contributed by atoms with van der Waals surface area (Å²) in [4.78, 5) is 12.0. The molecule has 1 unspecified atom stereocenters. The number of unbranched alkanes of at least 4 members (excludes halogenated alkanes) is 2. The highest BCUT2D eigenvalue weighted by Gasteiger charge is 2.08. The van der Waals surface area contributed by atoms with Gasteiger partial charge in [-0.25, -0.2) is 0 Å². The molecule has 0 fully saturated rings. The third-order valence-corrected chi connectivity index (χ3v) is 3.80. The number of benzene rings is 1. The van der Waals surface area contributed by atoms with E-state index in [2.05, 4.69) is 25.2 Å². The topological polar surface area (TPSA) is 34.0 Å². The van der Waals surface area contributed by atoms with Crippen molar-refractivity contribution in [3.8, 4) is 0 Å². The van der Waals surface area contributed by atoms with E-state index in [0.29, 0.717) is 6.04 Å². The van der Waals surface area contributed by atoms with Gasteiger partial charge in [-0.1, -0.05) is 44.4 Å². The number of rotatable bonds is 6. The molecule has 2 aromatic rings. The molecule has 1 heterocycles. The average molecular weight is 272 g/mol. The third kappa shape index (κ3) is 3.21. The lowest BCUT2D eigenvalue weighted by atomic mass is 10.1. The Kier molecular flexibility index (Phi) is 4.83. The maximum atomic E-state index is 12.0. The molecule has 20 heavy (non-hydrogen) atoms. The van der Waals surface area contributed by atoms with Crippen molar-refractivity contribution in [1.82, 2.24) is 4.57 Å². The fourth-order valence-electron chi connectivity index (χ4n) is 2.57. The molecule has 3 heteroatoms. The lowest BCUT2D eigenvalue weighted by Crippen LogP contribution is -2.21. The largest absolute Gasteiger partial charge is 0.382 e. The summed E-state index contributed by atoms with van der Waals surface area (Å²) in [7, 11) is 1.82. The highest BCUT2D eigenvalue weighted by atomic mass is 16.1. The highest BCUT2D eigenvalue weighted by molar-refractivity contribution is 5.91. The van der Waals surface area contributed by atoms with Gasteiger partial charge < -0.3 is 9.88 Å². The van der Waals surface area contributed by atoms with Crippen LogP contribution in [-0.4, -0.2) is 10.6 Å². The van der Waals surface area contributed by atoms with Crippen LogP contribution in [0.2, 0.25) is 0 Å². The van der Waals surface area contributed by atoms with Crippen molar-refractivity contribution in [3.05, 3.63) is 40.7 Å². The van der Waals surface area contributed by atoms with Crippen LogP contribution in [0, 0.1) is 0 Å². The van der Waals surface area contributed by atoms with Crippen molar-refractivity contribution >= 4 is 16.6 Å². The minimum atomic E-state index is 0.0342. The Labute approximate surface area is 120 Å². The maximum absolute atomic E-state index is 12.0. The quantitative estimate of drug-likeness (QED) is 0.809. The van der Waals surface area contributed by atoms with Crippen LogP contribution < -0.4 is 10.9 Å². The summed E-state index contributed by atoms with van der Waals surface area (Å²) in [6.45, 7) is 4.40. The molecule has 2 rings (SSSR count). The molecule has 0 aliphatic heterocycles. The van der Waals surface area contributed by atoms with Crippen molar-refractivity contribution in [3.63, 3.8) is 0 Å². The second-order valence-electron chi connectivity index (χ2n) is 5.51. The predicted octanol–water partition coefficient (Wildman–Crippen LogP) is 3.92. The zero-order chi connectivity index (χ0) is 14.5. The monoisotopic (exact) mass is 272 g/mol. The molecule has 1 N–H and O–H groups in total. The van der Waals surface area contributed by atoms with Crippen molar-refractivity contribution in [1.29, 1.82) is 0 Å². The van der Waals surface area contributed by atoms with Gasteiger partial charge in [-0.3, -0.25) is 4.79 Å². The van der Waals surface area contributed by atoms with Crippen LogP contribution in [0.1, 0.15) is 39.5 Å². The Morgan fingerprint density at radius 1 is 1.25 bits per heavy atom. The Bertz CT molecular complexity index is 630. The number of pyridine rings is 1. The molecule has 0 saturated carbocycles. The number of aryl methyl sites for hydroxylation is 1. The van der Waals surface area contributed by atoms with Gasteiger partial charge in [-0.05, 0) is 19.4 Å². The summed E-state index contributed by atoms with van der Waals surface area (Å²) < 4.78 is 1.70. The third-order valence-electron chi connectivity index (χ3n) is 3.80. The molecule has 0 aliphatic carbocycles. The van der Waals surface area contributed by atoms with E-state index < -0.39 is 0 Å². The van der Waals surface area contributed by atoms with Gasteiger partial charge in [0.25, 0.3) is 5.56 Å². The van der Waals surface area contributed by atoms with E-state index in [9.17, 15) is 4.79 Å². The predicted molar refractivity (Wildman–Crippen MR) is 86.4 cm³/mol. The van der Waals surface area contributed by atoms with Gasteiger partial charge in [0.2, 0.25) is 0 Å². The summed E-state index contributed by atoms with van der Waals surface area (Å²) in [6.07, 6.45) is 4.87. The summed E-state index contributed by atoms with van der Waals surface area (Å²) in [6, 6.07) is 10.1. The maximum Gasteiger partial charge on any atom is 0.252 e. The minimum absolute atomic E-state index is 0.0342. The molecular formula is C17H24N2O. The van der Waals surface area contributed by atoms with Gasteiger partial charge in [-0.15, -0.1) is 0 Å². The van der Waals surface area contributed by atoms with Crippen LogP contribution in [0.25, 0.3) is 10.9 Å². The molecular weight excluding hydrogens is 248 g/mol. The van der Waals surface area contributed by atoms with E-state index in [1.54, 1.807) is 10.6 Å². The zero-order valence-corrected chi connectivity index (χ0v) is 12.6. The molecule has 0 spiro atoms. The van der Waals surface area contributed by atoms with Gasteiger partial charge in [-0.2, -0.15) is 0 Å². The Hall–Kier alpha value is -1.77. The second-order valence-corrected chi connectivity index (χ2v) is 5.51. The number of nitrogens with one attached hydrogen (secondary N) is 1. The first kappa shape index (κ1) is 14.6. The second kappa shape index (κ2) is 6.60. The van der Waals surface area contributed by atoms with Gasteiger partial charge in [0.05, 0.1) is 5.52 Å². The molecule has 0 amide bonds. The van der Waals surface area contributed by atoms with Gasteiger partial charge in [0, 0.05) is 30.2 Å². The number of hydrogen-bond acceptors (Lipinski definition) is 2. The summed E-state index contributed by atoms with van der Waals surface area (Å²) in [5.74, 6) is 0. The first-order chi connectivity index (χ1) is 9.63. The molecule has 0 bridgehead atoms. The number of nitrogens with zero attached hydrogens (tertiary/aromatic N) is 1. The number of para-hydroxylation sites is 1. The van der Waals surface area contributed by atoms with Gasteiger partial charge in [0.1, 0.15) is 0 Å². The van der Waals surface area contributed by atoms with Crippen molar-refractivity contribution in [2.45, 2.75) is 45.6 Å². The fraction of sp³-hybridized carbons (Fsp3) is 0.471. The number of anilines is 1. The minimum Gasteiger partial charge on any atom is -0.382 e. The van der Waals surface area contributed by atoms with E-state index in [1.165, 1.54) is 19.3 Å². The molecule has 0 saturated heterocycles. The summed E-state index contributed by atoms with van der Waals surface area (Å²) in [5, 5.41) is 4.61. The summed E-state index contributed by atoms with van der Waals surface area (Å²) >= 11 is 0. The van der Waals surface area contributed by atoms with Crippen LogP contribution in [-0.2, 0) is 7.05 Å². The molecule has 1 atom stereocenters. The van der Waals surface area contributed by atoms with Crippen molar-refractivity contribution in [2.24, 2.45) is 7.05 Å². The normalized spacial score (nSPS) is 12.6. The molecule has 1 aromatic carbocycles. The Balaban J connectivity index is 2.26. The standard InChI is InChI=1S/C17H24N2O/c1-4-5-6-9-13(2)18-15-12-17(20)19(3)16-11-8-7-10-14(15)16/h7-8,10-13,18H,4-6,9H2,1-3H3. The van der Waals surface area contributed by atoms with Gasteiger partial charge in [0.15, 0.2) is 0 Å². The SMILES string of the molecule is CCCCCC(C)Nc1cc(=O)n(C)c2ccccc12. The van der Waals surface area contributed by atoms with Crippen LogP contribution in [0.3, 0.4) is 0 Å². The Morgan fingerprint density at radius 3 is 2.75 bits per heavy atom. The number of aromatic nitrogens is 1. The first-order valence-electron chi connectivity index (χ1n) is 7.48. The molecule has 3 nitrogen and oxygen atoms in total. The van der Waals surface area contributed by atoms with Crippen LogP contribution >= 0.6 is 0 Å². The average Bonchev–Trinajstić information content (AvgIpc) is 2.45. The van der Waals surface area contributed by atoms with Crippen LogP contribution in [0.15, 0.2) is 35.1 Å².